The minimum atomic E-state index is -1.12. The van der Waals surface area contributed by atoms with Crippen LogP contribution in [0.15, 0.2) is 60.7 Å². The largest absolute Gasteiger partial charge is 0.507 e. The number of carbonyl (C=O) groups is 3. The number of esters is 1. The summed E-state index contributed by atoms with van der Waals surface area (Å²) < 4.78 is 24.7. The molecule has 1 aliphatic heterocycles. The van der Waals surface area contributed by atoms with Crippen molar-refractivity contribution in [2.45, 2.75) is 19.9 Å². The zero-order valence-electron chi connectivity index (χ0n) is 20.3. The average Bonchev–Trinajstić information content (AvgIpc) is 3.40. The van der Waals surface area contributed by atoms with Crippen molar-refractivity contribution in [3.05, 3.63) is 93.8 Å². The second-order valence-electron chi connectivity index (χ2n) is 8.21. The molecule has 10 heteroatoms. The molecule has 0 bridgehead atoms. The van der Waals surface area contributed by atoms with Gasteiger partial charge in [0.15, 0.2) is 5.13 Å². The van der Waals surface area contributed by atoms with E-state index in [9.17, 15) is 23.9 Å². The minimum absolute atomic E-state index is 0.00700. The number of aliphatic hydroxyl groups is 1. The fourth-order valence-electron chi connectivity index (χ4n) is 3.93. The van der Waals surface area contributed by atoms with Gasteiger partial charge in [-0.3, -0.25) is 14.5 Å². The number of carbonyl (C=O) groups excluding carboxylic acids is 3. The van der Waals surface area contributed by atoms with Gasteiger partial charge in [-0.2, -0.15) is 0 Å². The van der Waals surface area contributed by atoms with Crippen LogP contribution in [-0.4, -0.2) is 41.5 Å². The third-order valence-electron chi connectivity index (χ3n) is 5.81. The zero-order chi connectivity index (χ0) is 26.9. The van der Waals surface area contributed by atoms with Crippen LogP contribution in [0.25, 0.3) is 5.76 Å². The Labute approximate surface area is 216 Å². The number of thiazole rings is 1. The van der Waals surface area contributed by atoms with E-state index in [1.54, 1.807) is 38.1 Å². The minimum Gasteiger partial charge on any atom is -0.507 e. The number of hydrogen-bond acceptors (Lipinski definition) is 8. The van der Waals surface area contributed by atoms with Crippen molar-refractivity contribution >= 4 is 39.9 Å². The predicted octanol–water partition coefficient (Wildman–Crippen LogP) is 4.88. The molecule has 1 aliphatic rings. The Bertz CT molecular complexity index is 1460. The Morgan fingerprint density at radius 1 is 1.24 bits per heavy atom. The van der Waals surface area contributed by atoms with E-state index in [-0.39, 0.29) is 27.8 Å². The molecule has 1 unspecified atom stereocenters. The first-order chi connectivity index (χ1) is 17.7. The van der Waals surface area contributed by atoms with Crippen LogP contribution in [0.4, 0.5) is 9.52 Å². The van der Waals surface area contributed by atoms with E-state index in [2.05, 4.69) is 11.6 Å². The van der Waals surface area contributed by atoms with Crippen LogP contribution in [0.3, 0.4) is 0 Å². The number of aryl methyl sites for hydroxylation is 2. The van der Waals surface area contributed by atoms with Crippen LogP contribution in [-0.2, 0) is 14.3 Å². The van der Waals surface area contributed by atoms with E-state index in [0.717, 1.165) is 22.3 Å². The van der Waals surface area contributed by atoms with Crippen LogP contribution in [0.5, 0.6) is 5.75 Å². The van der Waals surface area contributed by atoms with Gasteiger partial charge < -0.3 is 14.6 Å². The van der Waals surface area contributed by atoms with Gasteiger partial charge in [-0.25, -0.2) is 14.2 Å². The molecule has 2 heterocycles. The normalized spacial score (nSPS) is 16.6. The number of aliphatic hydroxyl groups excluding tert-OH is 1. The van der Waals surface area contributed by atoms with Gasteiger partial charge >= 0.3 is 11.9 Å². The molecule has 1 amide bonds. The molecule has 1 N–H and O–H groups in total. The molecule has 3 aromatic rings. The number of halogens is 1. The van der Waals surface area contributed by atoms with E-state index in [1.165, 1.54) is 25.3 Å². The molecule has 1 atom stereocenters. The van der Waals surface area contributed by atoms with Crippen LogP contribution in [0, 0.1) is 19.7 Å². The summed E-state index contributed by atoms with van der Waals surface area (Å²) in [4.78, 5) is 44.8. The molecule has 0 aliphatic carbocycles. The number of Topliss-reactive ketones (excluding diaryl/α,β-unsaturated/α-hetero) is 1. The third-order valence-corrected chi connectivity index (χ3v) is 6.95. The van der Waals surface area contributed by atoms with Crippen molar-refractivity contribution < 1.29 is 33.4 Å². The number of ether oxygens (including phenoxy) is 2. The molecule has 37 heavy (non-hydrogen) atoms. The number of anilines is 1. The van der Waals surface area contributed by atoms with Crippen molar-refractivity contribution in [1.29, 1.82) is 0 Å². The quantitative estimate of drug-likeness (QED) is 0.155. The van der Waals surface area contributed by atoms with Gasteiger partial charge in [0, 0.05) is 5.56 Å². The first-order valence-electron chi connectivity index (χ1n) is 11.1. The number of aromatic nitrogens is 1. The van der Waals surface area contributed by atoms with E-state index in [4.69, 9.17) is 9.47 Å². The van der Waals surface area contributed by atoms with Gasteiger partial charge in [0.25, 0.3) is 5.78 Å². The van der Waals surface area contributed by atoms with Crippen LogP contribution in [0.2, 0.25) is 0 Å². The van der Waals surface area contributed by atoms with Crippen molar-refractivity contribution in [3.63, 3.8) is 0 Å². The molecule has 0 saturated carbocycles. The highest BCUT2D eigenvalue weighted by molar-refractivity contribution is 7.17. The maximum atomic E-state index is 14.3. The Balaban J connectivity index is 1.91. The van der Waals surface area contributed by atoms with E-state index < -0.39 is 35.3 Å². The lowest BCUT2D eigenvalue weighted by Gasteiger charge is -2.23. The molecule has 0 spiro atoms. The number of methoxy groups -OCH3 is 1. The molecule has 1 saturated heterocycles. The fourth-order valence-corrected chi connectivity index (χ4v) is 4.91. The third kappa shape index (κ3) is 4.75. The summed E-state index contributed by atoms with van der Waals surface area (Å²) in [5, 5.41) is 11.2. The predicted molar refractivity (Wildman–Crippen MR) is 136 cm³/mol. The molecule has 2 aromatic carbocycles. The summed E-state index contributed by atoms with van der Waals surface area (Å²) in [7, 11) is 1.47. The smallest absolute Gasteiger partial charge is 0.350 e. The number of rotatable bonds is 7. The van der Waals surface area contributed by atoms with Gasteiger partial charge in [0.2, 0.25) is 0 Å². The lowest BCUT2D eigenvalue weighted by atomic mass is 9.95. The molecule has 1 fully saturated rings. The Morgan fingerprint density at radius 2 is 2.00 bits per heavy atom. The lowest BCUT2D eigenvalue weighted by molar-refractivity contribution is -0.132. The monoisotopic (exact) mass is 522 g/mol. The lowest BCUT2D eigenvalue weighted by Crippen LogP contribution is -2.29. The molecular formula is C27H23FN2O6S. The van der Waals surface area contributed by atoms with E-state index in [0.29, 0.717) is 22.6 Å². The zero-order valence-corrected chi connectivity index (χ0v) is 21.1. The van der Waals surface area contributed by atoms with Crippen molar-refractivity contribution in [2.75, 3.05) is 18.6 Å². The number of nitrogens with zero attached hydrogens (tertiary/aromatic N) is 2. The molecule has 4 rings (SSSR count). The number of ketones is 1. The summed E-state index contributed by atoms with van der Waals surface area (Å²) in [6.45, 7) is 6.65. The van der Waals surface area contributed by atoms with Crippen molar-refractivity contribution in [2.24, 2.45) is 0 Å². The van der Waals surface area contributed by atoms with Gasteiger partial charge in [0.1, 0.15) is 28.8 Å². The second kappa shape index (κ2) is 10.4. The summed E-state index contributed by atoms with van der Waals surface area (Å²) in [6, 6.07) is 9.54. The number of amides is 1. The maximum Gasteiger partial charge on any atom is 0.350 e. The first kappa shape index (κ1) is 25.8. The van der Waals surface area contributed by atoms with Crippen LogP contribution >= 0.6 is 11.3 Å². The van der Waals surface area contributed by atoms with Gasteiger partial charge in [-0.1, -0.05) is 48.3 Å². The number of benzene rings is 2. The molecule has 8 nitrogen and oxygen atoms in total. The van der Waals surface area contributed by atoms with Crippen LogP contribution in [0.1, 0.15) is 38.1 Å². The average molecular weight is 523 g/mol. The SMILES string of the molecule is C=CCOC(=O)c1sc(N2C(=O)C(=O)C(=C(O)c3ccc(C)c(F)c3)C2c2cccc(OC)c2)nc1C. The molecular weight excluding hydrogens is 499 g/mol. The maximum absolute atomic E-state index is 14.3. The van der Waals surface area contributed by atoms with Gasteiger partial charge in [0.05, 0.1) is 24.4 Å². The standard InChI is InChI=1S/C27H23FN2O6S/c1-5-11-36-26(34)24-15(3)29-27(37-24)30-21(16-7-6-8-18(12-16)35-4)20(23(32)25(30)33)22(31)17-10-9-14(2)19(28)13-17/h5-10,12-13,21,31H,1,11H2,2-4H3. The second-order valence-corrected chi connectivity index (χ2v) is 9.19. The molecule has 190 valence electrons. The summed E-state index contributed by atoms with van der Waals surface area (Å²) in [5.41, 5.74) is 0.899. The Morgan fingerprint density at radius 3 is 2.68 bits per heavy atom. The van der Waals surface area contributed by atoms with E-state index >= 15 is 0 Å². The highest BCUT2D eigenvalue weighted by Crippen LogP contribution is 2.44. The van der Waals surface area contributed by atoms with Crippen molar-refractivity contribution in [1.82, 2.24) is 4.98 Å². The molecule has 1 aromatic heterocycles. The van der Waals surface area contributed by atoms with Crippen molar-refractivity contribution in [3.8, 4) is 5.75 Å². The van der Waals surface area contributed by atoms with Gasteiger partial charge in [-0.15, -0.1) is 0 Å². The summed E-state index contributed by atoms with van der Waals surface area (Å²) in [6.07, 6.45) is 1.42. The Kier molecular flexibility index (Phi) is 7.21. The van der Waals surface area contributed by atoms with Crippen LogP contribution < -0.4 is 9.64 Å². The highest BCUT2D eigenvalue weighted by Gasteiger charge is 2.48. The van der Waals surface area contributed by atoms with E-state index in [1.807, 2.05) is 0 Å². The Hall–Kier alpha value is -4.31. The molecule has 0 radical (unpaired) electrons. The highest BCUT2D eigenvalue weighted by atomic mass is 32.1. The first-order valence-corrected chi connectivity index (χ1v) is 12.0. The number of hydrogen-bond donors (Lipinski definition) is 1. The topological polar surface area (TPSA) is 106 Å². The summed E-state index contributed by atoms with van der Waals surface area (Å²) in [5.74, 6) is -3.24. The summed E-state index contributed by atoms with van der Waals surface area (Å²) >= 11 is 0.881. The van der Waals surface area contributed by atoms with Gasteiger partial charge in [-0.05, 0) is 43.2 Å². The fraction of sp³-hybridized carbons (Fsp3) is 0.185.